The first-order chi connectivity index (χ1) is 15.3. The standard InChI is InChI=1S/C21H23ClN4O4S2/c1-3-18-24-20(25-30-18)15-10-19(31-12-15)32(28,29)26-8-4-5-14(11-26)21(27)23-17-7-6-13(2)9-16(17)22/h6-7,9-10,12,14H,3-5,8,11H2,1-2H3,(H,23,27)/t14-/m0/s1. The van der Waals surface area contributed by atoms with Gasteiger partial charge in [0.15, 0.2) is 0 Å². The van der Waals surface area contributed by atoms with Gasteiger partial charge < -0.3 is 9.84 Å². The number of sulfonamides is 1. The minimum Gasteiger partial charge on any atom is -0.339 e. The summed E-state index contributed by atoms with van der Waals surface area (Å²) in [5.74, 6) is 0.167. The number of hydrogen-bond donors (Lipinski definition) is 1. The third-order valence-electron chi connectivity index (χ3n) is 5.34. The number of benzene rings is 1. The van der Waals surface area contributed by atoms with Crippen LogP contribution in [0.5, 0.6) is 0 Å². The molecule has 1 aliphatic heterocycles. The summed E-state index contributed by atoms with van der Waals surface area (Å²) in [5, 5.41) is 8.89. The molecule has 170 valence electrons. The van der Waals surface area contributed by atoms with Crippen molar-refractivity contribution < 1.29 is 17.7 Å². The maximum atomic E-state index is 13.2. The number of aryl methyl sites for hydroxylation is 2. The molecule has 1 amide bonds. The summed E-state index contributed by atoms with van der Waals surface area (Å²) in [6.45, 7) is 4.30. The molecule has 1 saturated heterocycles. The number of nitrogens with zero attached hydrogens (tertiary/aromatic N) is 3. The van der Waals surface area contributed by atoms with Crippen LogP contribution in [0.25, 0.3) is 11.4 Å². The summed E-state index contributed by atoms with van der Waals surface area (Å²) in [6, 6.07) is 6.94. The van der Waals surface area contributed by atoms with Gasteiger partial charge in [-0.05, 0) is 43.5 Å². The average Bonchev–Trinajstić information content (AvgIpc) is 3.45. The van der Waals surface area contributed by atoms with E-state index < -0.39 is 15.9 Å². The summed E-state index contributed by atoms with van der Waals surface area (Å²) < 4.78 is 33.1. The Hall–Kier alpha value is -2.27. The molecule has 3 aromatic rings. The van der Waals surface area contributed by atoms with Crippen LogP contribution >= 0.6 is 22.9 Å². The molecule has 0 unspecified atom stereocenters. The lowest BCUT2D eigenvalue weighted by atomic mass is 9.98. The van der Waals surface area contributed by atoms with Crippen LogP contribution in [0.3, 0.4) is 0 Å². The zero-order chi connectivity index (χ0) is 22.9. The van der Waals surface area contributed by atoms with E-state index in [2.05, 4.69) is 15.5 Å². The van der Waals surface area contributed by atoms with Crippen molar-refractivity contribution in [3.05, 3.63) is 46.1 Å². The Balaban J connectivity index is 1.48. The van der Waals surface area contributed by atoms with Crippen LogP contribution in [0.15, 0.2) is 38.4 Å². The Morgan fingerprint density at radius 2 is 2.19 bits per heavy atom. The number of piperidine rings is 1. The second kappa shape index (κ2) is 9.30. The Labute approximate surface area is 195 Å². The van der Waals surface area contributed by atoms with Crippen molar-refractivity contribution >= 4 is 44.6 Å². The Morgan fingerprint density at radius 1 is 1.38 bits per heavy atom. The molecule has 0 bridgehead atoms. The second-order valence-corrected chi connectivity index (χ2v) is 11.2. The van der Waals surface area contributed by atoms with Crippen LogP contribution in [-0.4, -0.2) is 41.9 Å². The number of amides is 1. The summed E-state index contributed by atoms with van der Waals surface area (Å²) in [7, 11) is -3.74. The highest BCUT2D eigenvalue weighted by atomic mass is 35.5. The van der Waals surface area contributed by atoms with Crippen LogP contribution in [0.4, 0.5) is 5.69 Å². The van der Waals surface area contributed by atoms with Crippen LogP contribution in [-0.2, 0) is 21.2 Å². The normalized spacial score (nSPS) is 17.4. The fraction of sp³-hybridized carbons (Fsp3) is 0.381. The molecule has 1 aliphatic rings. The van der Waals surface area contributed by atoms with Gasteiger partial charge in [0, 0.05) is 30.5 Å². The van der Waals surface area contributed by atoms with Crippen molar-refractivity contribution in [2.45, 2.75) is 37.3 Å². The minimum atomic E-state index is -3.74. The summed E-state index contributed by atoms with van der Waals surface area (Å²) >= 11 is 7.33. The number of anilines is 1. The highest BCUT2D eigenvalue weighted by molar-refractivity contribution is 7.91. The summed E-state index contributed by atoms with van der Waals surface area (Å²) in [6.07, 6.45) is 1.81. The van der Waals surface area contributed by atoms with Crippen molar-refractivity contribution in [3.8, 4) is 11.4 Å². The van der Waals surface area contributed by atoms with Gasteiger partial charge in [-0.25, -0.2) is 8.42 Å². The molecule has 3 heterocycles. The fourth-order valence-electron chi connectivity index (χ4n) is 3.54. The molecule has 1 fully saturated rings. The number of thiophene rings is 1. The van der Waals surface area contributed by atoms with Gasteiger partial charge in [0.25, 0.3) is 10.0 Å². The number of nitrogens with one attached hydrogen (secondary N) is 1. The number of halogens is 1. The summed E-state index contributed by atoms with van der Waals surface area (Å²) in [5.41, 5.74) is 2.11. The minimum absolute atomic E-state index is 0.118. The first kappa shape index (κ1) is 22.9. The highest BCUT2D eigenvalue weighted by Gasteiger charge is 2.34. The second-order valence-electron chi connectivity index (χ2n) is 7.69. The zero-order valence-corrected chi connectivity index (χ0v) is 20.1. The van der Waals surface area contributed by atoms with Crippen molar-refractivity contribution in [2.75, 3.05) is 18.4 Å². The number of carbonyl (C=O) groups excluding carboxylic acids is 1. The van der Waals surface area contributed by atoms with Crippen LogP contribution in [0.1, 0.15) is 31.2 Å². The Morgan fingerprint density at radius 3 is 2.91 bits per heavy atom. The van der Waals surface area contributed by atoms with Crippen LogP contribution in [0.2, 0.25) is 5.02 Å². The van der Waals surface area contributed by atoms with E-state index in [9.17, 15) is 13.2 Å². The van der Waals surface area contributed by atoms with Gasteiger partial charge in [0.1, 0.15) is 4.21 Å². The molecule has 32 heavy (non-hydrogen) atoms. The number of carbonyl (C=O) groups is 1. The monoisotopic (exact) mass is 494 g/mol. The summed E-state index contributed by atoms with van der Waals surface area (Å²) in [4.78, 5) is 17.1. The van der Waals surface area contributed by atoms with E-state index in [-0.39, 0.29) is 16.7 Å². The lowest BCUT2D eigenvalue weighted by Gasteiger charge is -2.30. The van der Waals surface area contributed by atoms with Crippen molar-refractivity contribution in [1.29, 1.82) is 0 Å². The van der Waals surface area contributed by atoms with E-state index in [0.29, 0.717) is 53.8 Å². The maximum Gasteiger partial charge on any atom is 0.252 e. The van der Waals surface area contributed by atoms with Gasteiger partial charge in [0.2, 0.25) is 17.6 Å². The predicted octanol–water partition coefficient (Wildman–Crippen LogP) is 4.36. The number of hydrogen-bond acceptors (Lipinski definition) is 7. The predicted molar refractivity (Wildman–Crippen MR) is 123 cm³/mol. The molecule has 1 N–H and O–H groups in total. The third kappa shape index (κ3) is 4.73. The van der Waals surface area contributed by atoms with Crippen molar-refractivity contribution in [2.24, 2.45) is 5.92 Å². The molecular formula is C21H23ClN4O4S2. The topological polar surface area (TPSA) is 105 Å². The molecule has 0 aliphatic carbocycles. The SMILES string of the molecule is CCc1nc(-c2csc(S(=O)(=O)N3CCC[C@H](C(=O)Nc4ccc(C)cc4Cl)C3)c2)no1. The molecule has 0 spiro atoms. The van der Waals surface area contributed by atoms with Gasteiger partial charge in [0.05, 0.1) is 16.6 Å². The van der Waals surface area contributed by atoms with Gasteiger partial charge in [-0.15, -0.1) is 11.3 Å². The highest BCUT2D eigenvalue weighted by Crippen LogP contribution is 2.32. The van der Waals surface area contributed by atoms with E-state index in [1.165, 1.54) is 4.31 Å². The number of aromatic nitrogens is 2. The van der Waals surface area contributed by atoms with E-state index in [1.54, 1.807) is 23.6 Å². The van der Waals surface area contributed by atoms with E-state index in [4.69, 9.17) is 16.1 Å². The lowest BCUT2D eigenvalue weighted by Crippen LogP contribution is -2.43. The van der Waals surface area contributed by atoms with Crippen molar-refractivity contribution in [1.82, 2.24) is 14.4 Å². The molecule has 8 nitrogen and oxygen atoms in total. The Bertz CT molecular complexity index is 1240. The average molecular weight is 495 g/mol. The van der Waals surface area contributed by atoms with Gasteiger partial charge in [-0.2, -0.15) is 9.29 Å². The molecule has 4 rings (SSSR count). The molecular weight excluding hydrogens is 472 g/mol. The maximum absolute atomic E-state index is 13.2. The Kier molecular flexibility index (Phi) is 6.66. The van der Waals surface area contributed by atoms with Crippen LogP contribution in [0, 0.1) is 12.8 Å². The molecule has 1 aromatic carbocycles. The molecule has 0 radical (unpaired) electrons. The fourth-order valence-corrected chi connectivity index (χ4v) is 6.66. The van der Waals surface area contributed by atoms with Gasteiger partial charge in [-0.3, -0.25) is 4.79 Å². The van der Waals surface area contributed by atoms with E-state index >= 15 is 0 Å². The smallest absolute Gasteiger partial charge is 0.252 e. The van der Waals surface area contributed by atoms with E-state index in [1.807, 2.05) is 19.9 Å². The molecule has 2 aromatic heterocycles. The zero-order valence-electron chi connectivity index (χ0n) is 17.7. The molecule has 11 heteroatoms. The quantitative estimate of drug-likeness (QED) is 0.545. The van der Waals surface area contributed by atoms with E-state index in [0.717, 1.165) is 16.9 Å². The molecule has 0 saturated carbocycles. The van der Waals surface area contributed by atoms with Gasteiger partial charge >= 0.3 is 0 Å². The first-order valence-electron chi connectivity index (χ1n) is 10.3. The third-order valence-corrected chi connectivity index (χ3v) is 8.93. The molecule has 1 atom stereocenters. The largest absolute Gasteiger partial charge is 0.339 e. The first-order valence-corrected chi connectivity index (χ1v) is 13.0. The van der Waals surface area contributed by atoms with Crippen molar-refractivity contribution in [3.63, 3.8) is 0 Å². The number of rotatable bonds is 6. The lowest BCUT2D eigenvalue weighted by molar-refractivity contribution is -0.120. The van der Waals surface area contributed by atoms with Gasteiger partial charge in [-0.1, -0.05) is 29.7 Å². The van der Waals surface area contributed by atoms with Crippen LogP contribution < -0.4 is 5.32 Å².